The smallest absolute Gasteiger partial charge is 0.335 e. The molecule has 0 saturated heterocycles. The number of nitriles is 1. The van der Waals surface area contributed by atoms with Gasteiger partial charge in [-0.2, -0.15) is 5.26 Å². The first kappa shape index (κ1) is 18.3. The Kier molecular flexibility index (Phi) is 4.97. The third kappa shape index (κ3) is 3.71. The second kappa shape index (κ2) is 7.05. The summed E-state index contributed by atoms with van der Waals surface area (Å²) in [5, 5.41) is 19.3. The molecule has 1 aromatic heterocycles. The van der Waals surface area contributed by atoms with Crippen LogP contribution >= 0.6 is 11.3 Å². The number of thiophene rings is 1. The molecule has 1 aliphatic rings. The van der Waals surface area contributed by atoms with Gasteiger partial charge in [0.15, 0.2) is 0 Å². The van der Waals surface area contributed by atoms with E-state index < -0.39 is 5.97 Å². The zero-order valence-corrected chi connectivity index (χ0v) is 16.1. The Bertz CT molecular complexity index is 896. The third-order valence-electron chi connectivity index (χ3n) is 5.07. The van der Waals surface area contributed by atoms with E-state index in [2.05, 4.69) is 31.8 Å². The predicted octanol–water partition coefficient (Wildman–Crippen LogP) is 5.22. The van der Waals surface area contributed by atoms with Crippen LogP contribution in [0.4, 0.5) is 5.00 Å². The number of hydrogen-bond acceptors (Lipinski definition) is 4. The maximum atomic E-state index is 10.9. The molecule has 0 saturated carbocycles. The second-order valence-corrected chi connectivity index (χ2v) is 8.87. The van der Waals surface area contributed by atoms with E-state index in [1.165, 1.54) is 10.4 Å². The molecule has 0 bridgehead atoms. The highest BCUT2D eigenvalue weighted by Crippen LogP contribution is 2.44. The normalized spacial score (nSPS) is 17.1. The van der Waals surface area contributed by atoms with Crippen LogP contribution in [0.1, 0.15) is 59.1 Å². The molecular formula is C21H22N2O2S. The van der Waals surface area contributed by atoms with E-state index in [1.54, 1.807) is 41.8 Å². The van der Waals surface area contributed by atoms with Crippen molar-refractivity contribution in [3.63, 3.8) is 0 Å². The zero-order valence-electron chi connectivity index (χ0n) is 15.2. The first-order valence-corrected chi connectivity index (χ1v) is 9.53. The topological polar surface area (TPSA) is 73.4 Å². The number of benzene rings is 1. The molecule has 4 nitrogen and oxygen atoms in total. The van der Waals surface area contributed by atoms with Gasteiger partial charge in [0.2, 0.25) is 0 Å². The average molecular weight is 366 g/mol. The molecule has 1 aromatic carbocycles. The van der Waals surface area contributed by atoms with Crippen molar-refractivity contribution >= 4 is 28.5 Å². The van der Waals surface area contributed by atoms with E-state index in [4.69, 9.17) is 5.11 Å². The Morgan fingerprint density at radius 2 is 2.04 bits per heavy atom. The molecule has 1 heterocycles. The van der Waals surface area contributed by atoms with Crippen molar-refractivity contribution in [2.24, 2.45) is 16.3 Å². The van der Waals surface area contributed by atoms with Gasteiger partial charge in [-0.15, -0.1) is 11.3 Å². The Hall–Kier alpha value is -2.45. The fourth-order valence-corrected chi connectivity index (χ4v) is 4.58. The Morgan fingerprint density at radius 1 is 1.35 bits per heavy atom. The highest BCUT2D eigenvalue weighted by Gasteiger charge is 2.32. The zero-order chi connectivity index (χ0) is 18.9. The number of carbonyl (C=O) groups is 1. The molecule has 5 heteroatoms. The lowest BCUT2D eigenvalue weighted by molar-refractivity contribution is 0.0697. The van der Waals surface area contributed by atoms with E-state index in [1.807, 2.05) is 0 Å². The van der Waals surface area contributed by atoms with Crippen LogP contribution in [0.3, 0.4) is 0 Å². The van der Waals surface area contributed by atoms with Crippen LogP contribution in [0, 0.1) is 22.7 Å². The van der Waals surface area contributed by atoms with Gasteiger partial charge in [-0.05, 0) is 53.9 Å². The summed E-state index contributed by atoms with van der Waals surface area (Å²) in [6.45, 7) is 6.84. The first-order chi connectivity index (χ1) is 12.3. The molecule has 0 amide bonds. The van der Waals surface area contributed by atoms with Crippen LogP contribution < -0.4 is 0 Å². The number of hydrogen-bond donors (Lipinski definition) is 1. The molecule has 26 heavy (non-hydrogen) atoms. The summed E-state index contributed by atoms with van der Waals surface area (Å²) in [4.78, 5) is 16.7. The van der Waals surface area contributed by atoms with Crippen molar-refractivity contribution in [2.45, 2.75) is 40.0 Å². The summed E-state index contributed by atoms with van der Waals surface area (Å²) in [7, 11) is 0. The van der Waals surface area contributed by atoms with Crippen LogP contribution in [0.5, 0.6) is 0 Å². The van der Waals surface area contributed by atoms with Gasteiger partial charge in [0.25, 0.3) is 0 Å². The van der Waals surface area contributed by atoms with Gasteiger partial charge in [-0.1, -0.05) is 32.9 Å². The second-order valence-electron chi connectivity index (χ2n) is 7.79. The largest absolute Gasteiger partial charge is 0.478 e. The lowest BCUT2D eigenvalue weighted by Gasteiger charge is -2.33. The molecule has 1 atom stereocenters. The van der Waals surface area contributed by atoms with Crippen molar-refractivity contribution in [2.75, 3.05) is 0 Å². The van der Waals surface area contributed by atoms with E-state index in [0.29, 0.717) is 11.5 Å². The van der Waals surface area contributed by atoms with Gasteiger partial charge in [0.05, 0.1) is 11.1 Å². The summed E-state index contributed by atoms with van der Waals surface area (Å²) >= 11 is 1.62. The minimum absolute atomic E-state index is 0.250. The van der Waals surface area contributed by atoms with Crippen LogP contribution in [-0.2, 0) is 12.8 Å². The van der Waals surface area contributed by atoms with Crippen molar-refractivity contribution in [1.29, 1.82) is 5.26 Å². The fourth-order valence-electron chi connectivity index (χ4n) is 3.36. The number of carboxylic acids is 1. The van der Waals surface area contributed by atoms with E-state index >= 15 is 0 Å². The van der Waals surface area contributed by atoms with Crippen molar-refractivity contribution in [3.05, 3.63) is 51.4 Å². The van der Waals surface area contributed by atoms with Crippen LogP contribution in [0.25, 0.3) is 0 Å². The van der Waals surface area contributed by atoms with Gasteiger partial charge in [0, 0.05) is 11.1 Å². The molecule has 134 valence electrons. The lowest BCUT2D eigenvalue weighted by Crippen LogP contribution is -2.26. The SMILES string of the molecule is CC(C)(C)[C@H]1CCc2c(sc(N=Cc3ccc(C(=O)O)cc3)c2C#N)C1. The van der Waals surface area contributed by atoms with Crippen LogP contribution in [-0.4, -0.2) is 17.3 Å². The minimum atomic E-state index is -0.945. The maximum absolute atomic E-state index is 10.9. The number of aromatic carboxylic acids is 1. The maximum Gasteiger partial charge on any atom is 0.335 e. The number of nitrogens with zero attached hydrogens (tertiary/aromatic N) is 2. The predicted molar refractivity (Wildman–Crippen MR) is 105 cm³/mol. The van der Waals surface area contributed by atoms with E-state index in [0.717, 1.165) is 29.8 Å². The quantitative estimate of drug-likeness (QED) is 0.757. The van der Waals surface area contributed by atoms with Gasteiger partial charge in [0.1, 0.15) is 11.1 Å². The monoisotopic (exact) mass is 366 g/mol. The molecule has 0 aliphatic heterocycles. The standard InChI is InChI=1S/C21H22N2O2S/c1-21(2,3)15-8-9-16-17(11-22)19(26-18(16)10-15)23-12-13-4-6-14(7-5-13)20(24)25/h4-7,12,15H,8-10H2,1-3H3,(H,24,25)/t15-/m0/s1. The Morgan fingerprint density at radius 3 is 2.62 bits per heavy atom. The molecular weight excluding hydrogens is 344 g/mol. The molecule has 2 aromatic rings. The first-order valence-electron chi connectivity index (χ1n) is 8.71. The lowest BCUT2D eigenvalue weighted by atomic mass is 9.72. The average Bonchev–Trinajstić information content (AvgIpc) is 2.96. The summed E-state index contributed by atoms with van der Waals surface area (Å²) in [6, 6.07) is 8.90. The molecule has 1 aliphatic carbocycles. The molecule has 0 radical (unpaired) electrons. The number of fused-ring (bicyclic) bond motifs is 1. The molecule has 0 fully saturated rings. The Balaban J connectivity index is 1.86. The minimum Gasteiger partial charge on any atom is -0.478 e. The van der Waals surface area contributed by atoms with E-state index in [-0.39, 0.29) is 11.0 Å². The fraction of sp³-hybridized carbons (Fsp3) is 0.381. The molecule has 1 N–H and O–H groups in total. The van der Waals surface area contributed by atoms with Crippen molar-refractivity contribution < 1.29 is 9.90 Å². The highest BCUT2D eigenvalue weighted by molar-refractivity contribution is 7.16. The van der Waals surface area contributed by atoms with Crippen molar-refractivity contribution in [3.8, 4) is 6.07 Å². The van der Waals surface area contributed by atoms with Crippen LogP contribution in [0.2, 0.25) is 0 Å². The van der Waals surface area contributed by atoms with Crippen molar-refractivity contribution in [1.82, 2.24) is 0 Å². The van der Waals surface area contributed by atoms with Crippen LogP contribution in [0.15, 0.2) is 29.3 Å². The summed E-state index contributed by atoms with van der Waals surface area (Å²) in [5.41, 5.74) is 3.21. The number of carboxylic acid groups (broad SMARTS) is 1. The Labute approximate surface area is 157 Å². The summed E-state index contributed by atoms with van der Waals surface area (Å²) in [6.07, 6.45) is 4.77. The third-order valence-corrected chi connectivity index (χ3v) is 6.23. The van der Waals surface area contributed by atoms with Gasteiger partial charge < -0.3 is 5.11 Å². The highest BCUT2D eigenvalue weighted by atomic mass is 32.1. The number of rotatable bonds is 3. The van der Waals surface area contributed by atoms with Gasteiger partial charge in [-0.25, -0.2) is 9.79 Å². The van der Waals surface area contributed by atoms with E-state index in [9.17, 15) is 10.1 Å². The number of aliphatic imine (C=N–C) groups is 1. The van der Waals surface area contributed by atoms with Gasteiger partial charge >= 0.3 is 5.97 Å². The summed E-state index contributed by atoms with van der Waals surface area (Å²) in [5.74, 6) is -0.319. The molecule has 0 unspecified atom stereocenters. The molecule has 3 rings (SSSR count). The molecule has 0 spiro atoms. The summed E-state index contributed by atoms with van der Waals surface area (Å²) < 4.78 is 0. The van der Waals surface area contributed by atoms with Gasteiger partial charge in [-0.3, -0.25) is 0 Å².